The van der Waals surface area contributed by atoms with Gasteiger partial charge in [0.2, 0.25) is 0 Å². The molecule has 29 heavy (non-hydrogen) atoms. The van der Waals surface area contributed by atoms with E-state index in [1.54, 1.807) is 6.92 Å². The Morgan fingerprint density at radius 1 is 0.966 bits per heavy atom. The number of carbonyl (C=O) groups is 2. The second kappa shape index (κ2) is 11.3. The van der Waals surface area contributed by atoms with Crippen molar-refractivity contribution in [3.8, 4) is 0 Å². The topological polar surface area (TPSA) is 123 Å². The van der Waals surface area contributed by atoms with Gasteiger partial charge in [0, 0.05) is 12.8 Å². The van der Waals surface area contributed by atoms with Crippen molar-refractivity contribution in [3.05, 3.63) is 10.1 Å². The Morgan fingerprint density at radius 2 is 1.45 bits per heavy atom. The first-order valence-electron chi connectivity index (χ1n) is 10.2. The van der Waals surface area contributed by atoms with Crippen LogP contribution in [0.25, 0.3) is 0 Å². The van der Waals surface area contributed by atoms with Crippen molar-refractivity contribution in [2.24, 2.45) is 5.92 Å². The number of fused-ring (bicyclic) bond motifs is 1. The molecule has 0 amide bonds. The van der Waals surface area contributed by atoms with Crippen LogP contribution in [0.3, 0.4) is 0 Å². The maximum Gasteiger partial charge on any atom is 0.306 e. The summed E-state index contributed by atoms with van der Waals surface area (Å²) in [6.07, 6.45) is 0.502. The molecule has 0 radical (unpaired) electrons. The average Bonchev–Trinajstić information content (AvgIpc) is 3.17. The fourth-order valence-electron chi connectivity index (χ4n) is 3.47. The third-order valence-electron chi connectivity index (χ3n) is 4.95. The van der Waals surface area contributed by atoms with Crippen molar-refractivity contribution >= 4 is 11.9 Å². The van der Waals surface area contributed by atoms with E-state index in [2.05, 4.69) is 18.7 Å². The lowest BCUT2D eigenvalue weighted by molar-refractivity contribution is -0.767. The van der Waals surface area contributed by atoms with Gasteiger partial charge in [-0.1, -0.05) is 20.3 Å². The SMILES string of the molecule is CC(C)CCCC(=O)O[C@@H]1CO[C@H]2[C@@H]1OC[C@H]2OC(=O)CCCC(C)O[N+](=O)[O-]. The minimum atomic E-state index is -0.843. The lowest BCUT2D eigenvalue weighted by Gasteiger charge is -2.17. The van der Waals surface area contributed by atoms with Crippen LogP contribution in [0.15, 0.2) is 0 Å². The quantitative estimate of drug-likeness (QED) is 0.267. The van der Waals surface area contributed by atoms with Gasteiger partial charge in [-0.3, -0.25) is 9.59 Å². The Balaban J connectivity index is 1.68. The van der Waals surface area contributed by atoms with Gasteiger partial charge in [0.1, 0.15) is 18.3 Å². The molecule has 0 aliphatic carbocycles. The second-order valence-electron chi connectivity index (χ2n) is 7.97. The first kappa shape index (κ1) is 23.3. The number of hydrogen-bond donors (Lipinski definition) is 0. The molecule has 2 rings (SSSR count). The molecule has 0 saturated carbocycles. The molecule has 2 aliphatic heterocycles. The lowest BCUT2D eigenvalue weighted by atomic mass is 10.1. The summed E-state index contributed by atoms with van der Waals surface area (Å²) >= 11 is 0. The predicted octanol–water partition coefficient (Wildman–Crippen LogP) is 2.20. The molecule has 5 atom stereocenters. The highest BCUT2D eigenvalue weighted by molar-refractivity contribution is 5.70. The van der Waals surface area contributed by atoms with Crippen molar-refractivity contribution in [3.63, 3.8) is 0 Å². The van der Waals surface area contributed by atoms with E-state index in [-0.39, 0.29) is 25.6 Å². The number of esters is 2. The van der Waals surface area contributed by atoms with Crippen LogP contribution in [0.2, 0.25) is 0 Å². The predicted molar refractivity (Wildman–Crippen MR) is 99.3 cm³/mol. The van der Waals surface area contributed by atoms with E-state index in [0.717, 1.165) is 12.8 Å². The third kappa shape index (κ3) is 7.77. The Bertz CT molecular complexity index is 568. The van der Waals surface area contributed by atoms with E-state index in [4.69, 9.17) is 18.9 Å². The molecule has 0 aromatic carbocycles. The summed E-state index contributed by atoms with van der Waals surface area (Å²) in [5.74, 6) is -0.153. The fourth-order valence-corrected chi connectivity index (χ4v) is 3.47. The van der Waals surface area contributed by atoms with Crippen LogP contribution in [0, 0.1) is 16.0 Å². The molecule has 1 unspecified atom stereocenters. The van der Waals surface area contributed by atoms with E-state index in [0.29, 0.717) is 25.2 Å². The van der Waals surface area contributed by atoms with Gasteiger partial charge in [0.05, 0.1) is 13.2 Å². The summed E-state index contributed by atoms with van der Waals surface area (Å²) in [5.41, 5.74) is 0. The maximum absolute atomic E-state index is 12.0. The molecule has 0 bridgehead atoms. The van der Waals surface area contributed by atoms with Crippen LogP contribution in [-0.2, 0) is 33.4 Å². The Hall–Kier alpha value is -1.94. The minimum Gasteiger partial charge on any atom is -0.457 e. The second-order valence-corrected chi connectivity index (χ2v) is 7.97. The van der Waals surface area contributed by atoms with E-state index in [1.807, 2.05) is 0 Å². The molecule has 2 aliphatic rings. The molecule has 2 heterocycles. The molecule has 10 nitrogen and oxygen atoms in total. The van der Waals surface area contributed by atoms with Crippen LogP contribution < -0.4 is 0 Å². The Labute approximate surface area is 170 Å². The average molecular weight is 417 g/mol. The van der Waals surface area contributed by atoms with Crippen molar-refractivity contribution in [2.75, 3.05) is 13.2 Å². The van der Waals surface area contributed by atoms with Crippen LogP contribution in [0.4, 0.5) is 0 Å². The summed E-state index contributed by atoms with van der Waals surface area (Å²) in [4.78, 5) is 38.7. The van der Waals surface area contributed by atoms with E-state index in [1.165, 1.54) is 0 Å². The van der Waals surface area contributed by atoms with Crippen molar-refractivity contribution in [2.45, 2.75) is 89.8 Å². The molecule has 2 saturated heterocycles. The zero-order valence-corrected chi connectivity index (χ0v) is 17.2. The number of ether oxygens (including phenoxy) is 4. The summed E-state index contributed by atoms with van der Waals surface area (Å²) in [5, 5.41) is 9.40. The molecular weight excluding hydrogens is 386 g/mol. The van der Waals surface area contributed by atoms with E-state index >= 15 is 0 Å². The van der Waals surface area contributed by atoms with Gasteiger partial charge in [-0.25, -0.2) is 0 Å². The maximum atomic E-state index is 12.0. The molecule has 166 valence electrons. The van der Waals surface area contributed by atoms with Crippen LogP contribution in [0.5, 0.6) is 0 Å². The van der Waals surface area contributed by atoms with Gasteiger partial charge in [-0.2, -0.15) is 0 Å². The van der Waals surface area contributed by atoms with Gasteiger partial charge in [-0.15, -0.1) is 10.1 Å². The molecule has 0 aromatic heterocycles. The number of hydrogen-bond acceptors (Lipinski definition) is 9. The van der Waals surface area contributed by atoms with Crippen molar-refractivity contribution < 1.29 is 38.5 Å². The van der Waals surface area contributed by atoms with Gasteiger partial charge >= 0.3 is 11.9 Å². The van der Waals surface area contributed by atoms with Crippen LogP contribution >= 0.6 is 0 Å². The first-order valence-corrected chi connectivity index (χ1v) is 10.2. The normalized spacial score (nSPS) is 26.8. The number of rotatable bonds is 12. The fraction of sp³-hybridized carbons (Fsp3) is 0.895. The van der Waals surface area contributed by atoms with Crippen LogP contribution in [-0.4, -0.2) is 60.8 Å². The van der Waals surface area contributed by atoms with Gasteiger partial charge in [-0.05, 0) is 32.1 Å². The molecule has 0 N–H and O–H groups in total. The monoisotopic (exact) mass is 417 g/mol. The van der Waals surface area contributed by atoms with Gasteiger partial charge in [0.25, 0.3) is 5.09 Å². The molecular formula is C19H31NO9. The summed E-state index contributed by atoms with van der Waals surface area (Å²) < 4.78 is 22.2. The van der Waals surface area contributed by atoms with Crippen LogP contribution in [0.1, 0.15) is 59.3 Å². The smallest absolute Gasteiger partial charge is 0.306 e. The summed E-state index contributed by atoms with van der Waals surface area (Å²) in [6.45, 7) is 6.18. The number of carbonyl (C=O) groups excluding carboxylic acids is 2. The molecule has 2 fully saturated rings. The third-order valence-corrected chi connectivity index (χ3v) is 4.95. The van der Waals surface area contributed by atoms with E-state index in [9.17, 15) is 19.7 Å². The Morgan fingerprint density at radius 3 is 1.90 bits per heavy atom. The molecule has 0 aromatic rings. The molecule has 10 heteroatoms. The lowest BCUT2D eigenvalue weighted by Crippen LogP contribution is -2.36. The minimum absolute atomic E-state index is 0.119. The number of nitrogens with zero attached hydrogens (tertiary/aromatic N) is 1. The molecule has 0 spiro atoms. The van der Waals surface area contributed by atoms with Gasteiger partial charge in [0.15, 0.2) is 12.2 Å². The highest BCUT2D eigenvalue weighted by Crippen LogP contribution is 2.31. The van der Waals surface area contributed by atoms with Crippen molar-refractivity contribution in [1.82, 2.24) is 0 Å². The first-order chi connectivity index (χ1) is 13.8. The highest BCUT2D eigenvalue weighted by atomic mass is 17.0. The van der Waals surface area contributed by atoms with E-state index < -0.39 is 41.6 Å². The summed E-state index contributed by atoms with van der Waals surface area (Å²) in [7, 11) is 0. The standard InChI is InChI=1S/C19H31NO9/c1-12(2)6-4-8-16(21)27-14-10-25-19-15(11-26-18(14)19)28-17(22)9-5-7-13(3)29-20(23)24/h12-15,18-19H,4-11H2,1-3H3/t13?,14-,15-,18-,19-/m1/s1. The van der Waals surface area contributed by atoms with Crippen molar-refractivity contribution in [1.29, 1.82) is 0 Å². The van der Waals surface area contributed by atoms with Gasteiger partial charge < -0.3 is 23.8 Å². The highest BCUT2D eigenvalue weighted by Gasteiger charge is 2.51. The summed E-state index contributed by atoms with van der Waals surface area (Å²) in [6, 6.07) is 0. The zero-order valence-electron chi connectivity index (χ0n) is 17.2. The largest absolute Gasteiger partial charge is 0.457 e. The zero-order chi connectivity index (χ0) is 21.4. The Kier molecular flexibility index (Phi) is 9.09.